The Labute approximate surface area is 136 Å². The average molecular weight is 324 g/mol. The highest BCUT2D eigenvalue weighted by molar-refractivity contribution is 5.58. The van der Waals surface area contributed by atoms with Gasteiger partial charge in [-0.15, -0.1) is 0 Å². The van der Waals surface area contributed by atoms with E-state index in [1.807, 2.05) is 0 Å². The Morgan fingerprint density at radius 2 is 1.88 bits per heavy atom. The summed E-state index contributed by atoms with van der Waals surface area (Å²) in [5.41, 5.74) is 0.645. The molecule has 0 aliphatic rings. The third kappa shape index (κ3) is 3.74. The van der Waals surface area contributed by atoms with Crippen LogP contribution in [0.3, 0.4) is 0 Å². The fourth-order valence-electron chi connectivity index (χ4n) is 1.95. The number of nitro groups is 1. The monoisotopic (exact) mass is 324 g/mol. The number of nitrogens with one attached hydrogen (secondary N) is 1. The molecule has 0 bridgehead atoms. The van der Waals surface area contributed by atoms with Crippen molar-refractivity contribution >= 4 is 17.2 Å². The molecule has 0 radical (unpaired) electrons. The number of phenols is 1. The van der Waals surface area contributed by atoms with E-state index >= 15 is 0 Å². The van der Waals surface area contributed by atoms with Crippen LogP contribution in [0.4, 0.5) is 17.2 Å². The highest BCUT2D eigenvalue weighted by Gasteiger charge is 2.06. The van der Waals surface area contributed by atoms with Crippen molar-refractivity contribution in [1.82, 2.24) is 9.97 Å². The fraction of sp³-hybridized carbons (Fsp3) is 0. The SMILES string of the molecule is O=[N+]([O-])c1ccc(Oc2cc(Nc3cccc(O)c3)ncn2)cc1. The van der Waals surface area contributed by atoms with Crippen LogP contribution >= 0.6 is 0 Å². The summed E-state index contributed by atoms with van der Waals surface area (Å²) in [6.07, 6.45) is 1.33. The van der Waals surface area contributed by atoms with Crippen LogP contribution in [-0.4, -0.2) is 20.0 Å². The molecular formula is C16H12N4O4. The molecule has 8 heteroatoms. The minimum atomic E-state index is -0.480. The minimum Gasteiger partial charge on any atom is -0.508 e. The Hall–Kier alpha value is -3.68. The van der Waals surface area contributed by atoms with Gasteiger partial charge in [0, 0.05) is 30.0 Å². The van der Waals surface area contributed by atoms with Gasteiger partial charge in [-0.05, 0) is 24.3 Å². The van der Waals surface area contributed by atoms with Gasteiger partial charge in [0.15, 0.2) is 0 Å². The molecule has 0 atom stereocenters. The Morgan fingerprint density at radius 3 is 2.58 bits per heavy atom. The second-order valence-electron chi connectivity index (χ2n) is 4.77. The Bertz CT molecular complexity index is 868. The van der Waals surface area contributed by atoms with Crippen LogP contribution < -0.4 is 10.1 Å². The van der Waals surface area contributed by atoms with Crippen molar-refractivity contribution in [2.45, 2.75) is 0 Å². The summed E-state index contributed by atoms with van der Waals surface area (Å²) in [7, 11) is 0. The van der Waals surface area contributed by atoms with Gasteiger partial charge in [-0.25, -0.2) is 9.97 Å². The van der Waals surface area contributed by atoms with E-state index < -0.39 is 4.92 Å². The minimum absolute atomic E-state index is 0.0173. The van der Waals surface area contributed by atoms with Crippen molar-refractivity contribution in [3.63, 3.8) is 0 Å². The maximum Gasteiger partial charge on any atom is 0.269 e. The molecule has 0 unspecified atom stereocenters. The van der Waals surface area contributed by atoms with E-state index in [9.17, 15) is 15.2 Å². The smallest absolute Gasteiger partial charge is 0.269 e. The predicted octanol–water partition coefficient (Wildman–Crippen LogP) is 3.63. The summed E-state index contributed by atoms with van der Waals surface area (Å²) < 4.78 is 5.55. The first-order valence-corrected chi connectivity index (χ1v) is 6.90. The van der Waals surface area contributed by atoms with Gasteiger partial charge in [0.05, 0.1) is 4.92 Å². The van der Waals surface area contributed by atoms with Crippen LogP contribution in [0, 0.1) is 10.1 Å². The highest BCUT2D eigenvalue weighted by Crippen LogP contribution is 2.25. The van der Waals surface area contributed by atoms with Crippen molar-refractivity contribution in [1.29, 1.82) is 0 Å². The first-order valence-electron chi connectivity index (χ1n) is 6.90. The Kier molecular flexibility index (Phi) is 4.19. The number of rotatable bonds is 5. The lowest BCUT2D eigenvalue weighted by Gasteiger charge is -2.08. The highest BCUT2D eigenvalue weighted by atomic mass is 16.6. The van der Waals surface area contributed by atoms with Gasteiger partial charge in [-0.2, -0.15) is 0 Å². The number of nitrogens with zero attached hydrogens (tertiary/aromatic N) is 3. The number of aromatic hydroxyl groups is 1. The standard InChI is InChI=1S/C16H12N4O4/c21-13-3-1-2-11(8-13)19-15-9-16(18-10-17-15)24-14-6-4-12(5-7-14)20(22)23/h1-10,21H,(H,17,18,19). The van der Waals surface area contributed by atoms with E-state index in [-0.39, 0.29) is 17.3 Å². The van der Waals surface area contributed by atoms with Crippen LogP contribution in [0.5, 0.6) is 17.4 Å². The van der Waals surface area contributed by atoms with E-state index in [1.54, 1.807) is 30.3 Å². The third-order valence-corrected chi connectivity index (χ3v) is 3.03. The lowest BCUT2D eigenvalue weighted by atomic mass is 10.3. The van der Waals surface area contributed by atoms with E-state index in [4.69, 9.17) is 4.74 Å². The molecule has 24 heavy (non-hydrogen) atoms. The molecule has 2 aromatic carbocycles. The van der Waals surface area contributed by atoms with Crippen LogP contribution in [0.2, 0.25) is 0 Å². The zero-order valence-corrected chi connectivity index (χ0v) is 12.3. The summed E-state index contributed by atoms with van der Waals surface area (Å²) in [5, 5.41) is 23.1. The van der Waals surface area contributed by atoms with Gasteiger partial charge >= 0.3 is 0 Å². The summed E-state index contributed by atoms with van der Waals surface area (Å²) >= 11 is 0. The average Bonchev–Trinajstić information content (AvgIpc) is 2.56. The Morgan fingerprint density at radius 1 is 1.08 bits per heavy atom. The number of nitro benzene ring substituents is 1. The van der Waals surface area contributed by atoms with E-state index in [0.717, 1.165) is 0 Å². The quantitative estimate of drug-likeness (QED) is 0.544. The van der Waals surface area contributed by atoms with Gasteiger partial charge in [0.25, 0.3) is 5.69 Å². The van der Waals surface area contributed by atoms with Crippen molar-refractivity contribution in [2.24, 2.45) is 0 Å². The van der Waals surface area contributed by atoms with Crippen LogP contribution in [0.1, 0.15) is 0 Å². The lowest BCUT2D eigenvalue weighted by Crippen LogP contribution is -1.96. The second kappa shape index (κ2) is 6.61. The van der Waals surface area contributed by atoms with Gasteiger partial charge < -0.3 is 15.2 Å². The third-order valence-electron chi connectivity index (χ3n) is 3.03. The molecule has 3 rings (SSSR count). The number of hydrogen-bond donors (Lipinski definition) is 2. The van der Waals surface area contributed by atoms with Crippen molar-refractivity contribution in [2.75, 3.05) is 5.32 Å². The number of anilines is 2. The van der Waals surface area contributed by atoms with Crippen molar-refractivity contribution < 1.29 is 14.8 Å². The van der Waals surface area contributed by atoms with E-state index in [0.29, 0.717) is 17.3 Å². The molecule has 0 spiro atoms. The van der Waals surface area contributed by atoms with Crippen molar-refractivity contribution in [3.05, 3.63) is 71.0 Å². The number of benzene rings is 2. The summed E-state index contributed by atoms with van der Waals surface area (Å²) in [6.45, 7) is 0. The molecule has 8 nitrogen and oxygen atoms in total. The van der Waals surface area contributed by atoms with Crippen LogP contribution in [0.15, 0.2) is 60.9 Å². The van der Waals surface area contributed by atoms with Crippen LogP contribution in [0.25, 0.3) is 0 Å². The first kappa shape index (κ1) is 15.2. The molecule has 3 aromatic rings. The molecule has 1 aromatic heterocycles. The van der Waals surface area contributed by atoms with Gasteiger partial charge in [0.2, 0.25) is 5.88 Å². The van der Waals surface area contributed by atoms with Gasteiger partial charge in [0.1, 0.15) is 23.6 Å². The molecule has 1 heterocycles. The fourth-order valence-corrected chi connectivity index (χ4v) is 1.95. The molecule has 0 saturated carbocycles. The zero-order chi connectivity index (χ0) is 16.9. The second-order valence-corrected chi connectivity index (χ2v) is 4.77. The van der Waals surface area contributed by atoms with Gasteiger partial charge in [-0.1, -0.05) is 6.07 Å². The first-order chi connectivity index (χ1) is 11.6. The largest absolute Gasteiger partial charge is 0.508 e. The Balaban J connectivity index is 1.74. The lowest BCUT2D eigenvalue weighted by molar-refractivity contribution is -0.384. The molecule has 120 valence electrons. The maximum absolute atomic E-state index is 10.6. The maximum atomic E-state index is 10.6. The molecule has 0 aliphatic carbocycles. The summed E-state index contributed by atoms with van der Waals surface area (Å²) in [5.74, 6) is 1.31. The zero-order valence-electron chi connectivity index (χ0n) is 12.3. The van der Waals surface area contributed by atoms with E-state index in [2.05, 4.69) is 15.3 Å². The number of hydrogen-bond acceptors (Lipinski definition) is 7. The summed E-state index contributed by atoms with van der Waals surface area (Å²) in [4.78, 5) is 18.2. The van der Waals surface area contributed by atoms with E-state index in [1.165, 1.54) is 30.6 Å². The van der Waals surface area contributed by atoms with Crippen molar-refractivity contribution in [3.8, 4) is 17.4 Å². The molecule has 0 fully saturated rings. The molecule has 0 amide bonds. The topological polar surface area (TPSA) is 110 Å². The normalized spacial score (nSPS) is 10.2. The molecule has 0 saturated heterocycles. The van der Waals surface area contributed by atoms with Crippen LogP contribution in [-0.2, 0) is 0 Å². The molecule has 2 N–H and O–H groups in total. The predicted molar refractivity (Wildman–Crippen MR) is 86.6 cm³/mol. The molecule has 0 aliphatic heterocycles. The number of phenolic OH excluding ortho intramolecular Hbond substituents is 1. The number of non-ortho nitro benzene ring substituents is 1. The number of aromatic nitrogens is 2. The number of ether oxygens (including phenoxy) is 1. The summed E-state index contributed by atoms with van der Waals surface area (Å²) in [6, 6.07) is 13.8. The van der Waals surface area contributed by atoms with Gasteiger partial charge in [-0.3, -0.25) is 10.1 Å². The molecular weight excluding hydrogens is 312 g/mol.